The summed E-state index contributed by atoms with van der Waals surface area (Å²) in [5.41, 5.74) is 1.19. The maximum atomic E-state index is 5.80. The Morgan fingerprint density at radius 1 is 1.21 bits per heavy atom. The van der Waals surface area contributed by atoms with Gasteiger partial charge in [0.1, 0.15) is 0 Å². The first kappa shape index (κ1) is 11.8. The van der Waals surface area contributed by atoms with Crippen LogP contribution in [0.2, 0.25) is 5.02 Å². The van der Waals surface area contributed by atoms with Gasteiger partial charge in [0.15, 0.2) is 0 Å². The van der Waals surface area contributed by atoms with Crippen molar-refractivity contribution in [1.29, 1.82) is 0 Å². The molecule has 0 spiro atoms. The van der Waals surface area contributed by atoms with Gasteiger partial charge in [-0.25, -0.2) is 0 Å². The van der Waals surface area contributed by atoms with E-state index in [0.717, 1.165) is 11.6 Å². The molecule has 14 heavy (non-hydrogen) atoms. The molecule has 0 fully saturated rings. The minimum absolute atomic E-state index is 0.0266. The zero-order valence-electron chi connectivity index (χ0n) is 8.48. The van der Waals surface area contributed by atoms with Gasteiger partial charge >= 0.3 is 0 Å². The second-order valence-corrected chi connectivity index (χ2v) is 4.70. The van der Waals surface area contributed by atoms with Gasteiger partial charge in [0, 0.05) is 23.0 Å². The fraction of sp³-hybridized carbons (Fsp3) is 0.455. The van der Waals surface area contributed by atoms with Gasteiger partial charge in [-0.3, -0.25) is 0 Å². The lowest BCUT2D eigenvalue weighted by atomic mass is 10.1. The lowest BCUT2D eigenvalue weighted by molar-refractivity contribution is 0.429. The molecule has 0 amide bonds. The Morgan fingerprint density at radius 2 is 1.79 bits per heavy atom. The standard InChI is InChI=1S/C11H15Cl2N/c1-11(2,8-12)14-7-9-3-5-10(13)6-4-9/h3-6,14H,7-8H2,1-2H3. The van der Waals surface area contributed by atoms with Crippen LogP contribution in [0.5, 0.6) is 0 Å². The Morgan fingerprint density at radius 3 is 2.29 bits per heavy atom. The van der Waals surface area contributed by atoms with Crippen LogP contribution in [-0.4, -0.2) is 11.4 Å². The van der Waals surface area contributed by atoms with Crippen LogP contribution >= 0.6 is 23.2 Å². The number of hydrogen-bond donors (Lipinski definition) is 1. The van der Waals surface area contributed by atoms with E-state index in [-0.39, 0.29) is 5.54 Å². The second kappa shape index (κ2) is 5.01. The van der Waals surface area contributed by atoms with Crippen LogP contribution in [0.25, 0.3) is 0 Å². The average Bonchev–Trinajstić information content (AvgIpc) is 2.17. The molecule has 0 bridgehead atoms. The topological polar surface area (TPSA) is 12.0 Å². The highest BCUT2D eigenvalue weighted by molar-refractivity contribution is 6.30. The van der Waals surface area contributed by atoms with Gasteiger partial charge in [-0.2, -0.15) is 0 Å². The summed E-state index contributed by atoms with van der Waals surface area (Å²) in [4.78, 5) is 0. The van der Waals surface area contributed by atoms with Crippen LogP contribution < -0.4 is 5.32 Å². The minimum Gasteiger partial charge on any atom is -0.307 e. The summed E-state index contributed by atoms with van der Waals surface area (Å²) < 4.78 is 0. The quantitative estimate of drug-likeness (QED) is 0.784. The largest absolute Gasteiger partial charge is 0.307 e. The van der Waals surface area contributed by atoms with Crippen LogP contribution in [0.1, 0.15) is 19.4 Å². The Bertz CT molecular complexity index is 280. The Hall–Kier alpha value is -0.240. The van der Waals surface area contributed by atoms with Crippen molar-refractivity contribution >= 4 is 23.2 Å². The summed E-state index contributed by atoms with van der Waals surface area (Å²) in [5.74, 6) is 0.598. The molecule has 1 N–H and O–H groups in total. The van der Waals surface area contributed by atoms with Gasteiger partial charge < -0.3 is 5.32 Å². The van der Waals surface area contributed by atoms with E-state index in [4.69, 9.17) is 23.2 Å². The summed E-state index contributed by atoms with van der Waals surface area (Å²) >= 11 is 11.6. The number of rotatable bonds is 4. The van der Waals surface area contributed by atoms with Crippen molar-refractivity contribution in [3.8, 4) is 0 Å². The first-order valence-corrected chi connectivity index (χ1v) is 5.50. The molecular formula is C11H15Cl2N. The summed E-state index contributed by atoms with van der Waals surface area (Å²) in [6.07, 6.45) is 0. The van der Waals surface area contributed by atoms with Crippen molar-refractivity contribution < 1.29 is 0 Å². The molecule has 0 aliphatic carbocycles. The molecule has 1 aromatic carbocycles. The van der Waals surface area contributed by atoms with Crippen molar-refractivity contribution in [3.63, 3.8) is 0 Å². The molecule has 0 aliphatic rings. The van der Waals surface area contributed by atoms with E-state index in [0.29, 0.717) is 5.88 Å². The van der Waals surface area contributed by atoms with Crippen LogP contribution in [-0.2, 0) is 6.54 Å². The minimum atomic E-state index is -0.0266. The molecule has 0 atom stereocenters. The number of halogens is 2. The summed E-state index contributed by atoms with van der Waals surface area (Å²) in [5, 5.41) is 4.14. The summed E-state index contributed by atoms with van der Waals surface area (Å²) in [6, 6.07) is 7.82. The third-order valence-corrected chi connectivity index (χ3v) is 2.94. The molecule has 3 heteroatoms. The van der Waals surface area contributed by atoms with E-state index in [9.17, 15) is 0 Å². The third-order valence-electron chi connectivity index (χ3n) is 2.02. The van der Waals surface area contributed by atoms with Crippen molar-refractivity contribution in [2.24, 2.45) is 0 Å². The number of nitrogens with one attached hydrogen (secondary N) is 1. The number of alkyl halides is 1. The molecule has 1 rings (SSSR count). The van der Waals surface area contributed by atoms with Crippen LogP contribution in [0.3, 0.4) is 0 Å². The average molecular weight is 232 g/mol. The van der Waals surface area contributed by atoms with Gasteiger partial charge in [-0.05, 0) is 31.5 Å². The zero-order chi connectivity index (χ0) is 10.6. The SMILES string of the molecule is CC(C)(CCl)NCc1ccc(Cl)cc1. The molecule has 0 aromatic heterocycles. The summed E-state index contributed by atoms with van der Waals surface area (Å²) in [6.45, 7) is 4.97. The Kier molecular flexibility index (Phi) is 4.24. The lowest BCUT2D eigenvalue weighted by Crippen LogP contribution is -2.40. The molecule has 0 heterocycles. The van der Waals surface area contributed by atoms with E-state index in [1.807, 2.05) is 24.3 Å². The lowest BCUT2D eigenvalue weighted by Gasteiger charge is -2.23. The van der Waals surface area contributed by atoms with Crippen molar-refractivity contribution in [2.45, 2.75) is 25.9 Å². The first-order chi connectivity index (χ1) is 6.53. The smallest absolute Gasteiger partial charge is 0.0406 e. The number of benzene rings is 1. The van der Waals surface area contributed by atoms with Crippen molar-refractivity contribution in [2.75, 3.05) is 5.88 Å². The van der Waals surface area contributed by atoms with Gasteiger partial charge in [-0.1, -0.05) is 23.7 Å². The van der Waals surface area contributed by atoms with E-state index < -0.39 is 0 Å². The van der Waals surface area contributed by atoms with Crippen LogP contribution in [0.15, 0.2) is 24.3 Å². The fourth-order valence-electron chi connectivity index (χ4n) is 0.991. The third kappa shape index (κ3) is 3.87. The Labute approximate surface area is 95.4 Å². The first-order valence-electron chi connectivity index (χ1n) is 4.59. The molecule has 0 saturated carbocycles. The molecule has 0 aliphatic heterocycles. The van der Waals surface area contributed by atoms with E-state index in [1.54, 1.807) is 0 Å². The van der Waals surface area contributed by atoms with Gasteiger partial charge in [0.2, 0.25) is 0 Å². The molecule has 1 nitrogen and oxygen atoms in total. The molecule has 0 radical (unpaired) electrons. The second-order valence-electron chi connectivity index (χ2n) is 4.00. The molecule has 0 unspecified atom stereocenters. The van der Waals surface area contributed by atoms with E-state index >= 15 is 0 Å². The molecule has 0 saturated heterocycles. The van der Waals surface area contributed by atoms with Crippen LogP contribution in [0.4, 0.5) is 0 Å². The van der Waals surface area contributed by atoms with Crippen molar-refractivity contribution in [3.05, 3.63) is 34.9 Å². The normalized spacial score (nSPS) is 11.7. The highest BCUT2D eigenvalue weighted by atomic mass is 35.5. The van der Waals surface area contributed by atoms with Gasteiger partial charge in [-0.15, -0.1) is 11.6 Å². The maximum Gasteiger partial charge on any atom is 0.0406 e. The van der Waals surface area contributed by atoms with E-state index in [2.05, 4.69) is 19.2 Å². The predicted molar refractivity (Wildman–Crippen MR) is 63.1 cm³/mol. The van der Waals surface area contributed by atoms with E-state index in [1.165, 1.54) is 5.56 Å². The van der Waals surface area contributed by atoms with Gasteiger partial charge in [0.25, 0.3) is 0 Å². The molecule has 78 valence electrons. The predicted octanol–water partition coefficient (Wildman–Crippen LogP) is 3.45. The zero-order valence-corrected chi connectivity index (χ0v) is 9.99. The molecule has 1 aromatic rings. The monoisotopic (exact) mass is 231 g/mol. The maximum absolute atomic E-state index is 5.80. The fourth-order valence-corrected chi connectivity index (χ4v) is 1.21. The van der Waals surface area contributed by atoms with Crippen LogP contribution in [0, 0.1) is 0 Å². The Balaban J connectivity index is 2.50. The van der Waals surface area contributed by atoms with Gasteiger partial charge in [0.05, 0.1) is 0 Å². The van der Waals surface area contributed by atoms with Crippen molar-refractivity contribution in [1.82, 2.24) is 5.32 Å². The highest BCUT2D eigenvalue weighted by Crippen LogP contribution is 2.11. The summed E-state index contributed by atoms with van der Waals surface area (Å²) in [7, 11) is 0. The number of hydrogen-bond acceptors (Lipinski definition) is 1. The highest BCUT2D eigenvalue weighted by Gasteiger charge is 2.14. The molecular weight excluding hydrogens is 217 g/mol.